The summed E-state index contributed by atoms with van der Waals surface area (Å²) < 4.78 is 5.33. The molecule has 15 heavy (non-hydrogen) atoms. The van der Waals surface area contributed by atoms with E-state index < -0.39 is 6.10 Å². The van der Waals surface area contributed by atoms with E-state index in [0.717, 1.165) is 0 Å². The third-order valence-corrected chi connectivity index (χ3v) is 1.68. The minimum absolute atomic E-state index is 0.208. The fourth-order valence-electron chi connectivity index (χ4n) is 0.956. The Balaban J connectivity index is 2.46. The summed E-state index contributed by atoms with van der Waals surface area (Å²) in [6.45, 7) is 1.86. The summed E-state index contributed by atoms with van der Waals surface area (Å²) in [6.07, 6.45) is 7.61. The van der Waals surface area contributed by atoms with Gasteiger partial charge in [0, 0.05) is 6.20 Å². The predicted octanol–water partition coefficient (Wildman–Crippen LogP) is 0.598. The Morgan fingerprint density at radius 3 is 3.20 bits per heavy atom. The molecule has 0 saturated heterocycles. The molecule has 0 aliphatic heterocycles. The van der Waals surface area contributed by atoms with Crippen molar-refractivity contribution in [1.29, 1.82) is 0 Å². The first-order valence-electron chi connectivity index (χ1n) is 4.52. The number of pyridine rings is 1. The van der Waals surface area contributed by atoms with Crippen molar-refractivity contribution in [1.82, 2.24) is 10.3 Å². The summed E-state index contributed by atoms with van der Waals surface area (Å²) in [5.41, 5.74) is 0. The lowest BCUT2D eigenvalue weighted by molar-refractivity contribution is -0.127. The van der Waals surface area contributed by atoms with E-state index >= 15 is 0 Å². The number of nitrogens with one attached hydrogen (secondary N) is 1. The third-order valence-electron chi connectivity index (χ3n) is 1.68. The maximum atomic E-state index is 11.4. The van der Waals surface area contributed by atoms with Crippen LogP contribution in [0, 0.1) is 12.3 Å². The van der Waals surface area contributed by atoms with Gasteiger partial charge < -0.3 is 10.1 Å². The molecule has 1 N–H and O–H groups in total. The van der Waals surface area contributed by atoms with E-state index in [4.69, 9.17) is 11.2 Å². The highest BCUT2D eigenvalue weighted by Gasteiger charge is 2.13. The van der Waals surface area contributed by atoms with Crippen LogP contribution in [0.4, 0.5) is 0 Å². The zero-order valence-corrected chi connectivity index (χ0v) is 8.43. The van der Waals surface area contributed by atoms with Gasteiger partial charge in [0.15, 0.2) is 6.10 Å². The molecule has 4 heteroatoms. The summed E-state index contributed by atoms with van der Waals surface area (Å²) in [4.78, 5) is 15.2. The van der Waals surface area contributed by atoms with Crippen molar-refractivity contribution in [3.63, 3.8) is 0 Å². The molecule has 0 fully saturated rings. The van der Waals surface area contributed by atoms with Gasteiger partial charge in [-0.15, -0.1) is 6.42 Å². The van der Waals surface area contributed by atoms with Crippen LogP contribution >= 0.6 is 0 Å². The van der Waals surface area contributed by atoms with Crippen molar-refractivity contribution in [3.05, 3.63) is 24.5 Å². The molecular formula is C11H12N2O2. The van der Waals surface area contributed by atoms with Gasteiger partial charge in [0.2, 0.25) is 0 Å². The van der Waals surface area contributed by atoms with Crippen molar-refractivity contribution in [2.75, 3.05) is 6.54 Å². The van der Waals surface area contributed by atoms with Crippen LogP contribution in [-0.4, -0.2) is 23.5 Å². The first-order valence-corrected chi connectivity index (χ1v) is 4.52. The molecule has 0 aliphatic carbocycles. The molecular weight excluding hydrogens is 192 g/mol. The zero-order chi connectivity index (χ0) is 11.1. The standard InChI is InChI=1S/C11H12N2O2/c1-3-6-13-11(14)9(2)15-10-5-4-7-12-8-10/h1,4-5,7-9H,6H2,2H3,(H,13,14). The average Bonchev–Trinajstić information content (AvgIpc) is 2.27. The Labute approximate surface area is 88.7 Å². The maximum Gasteiger partial charge on any atom is 0.261 e. The van der Waals surface area contributed by atoms with Crippen molar-refractivity contribution in [2.24, 2.45) is 0 Å². The molecule has 1 aromatic heterocycles. The van der Waals surface area contributed by atoms with Gasteiger partial charge in [0.1, 0.15) is 5.75 Å². The highest BCUT2D eigenvalue weighted by Crippen LogP contribution is 2.08. The Bertz CT molecular complexity index is 357. The topological polar surface area (TPSA) is 51.2 Å². The van der Waals surface area contributed by atoms with Crippen molar-refractivity contribution < 1.29 is 9.53 Å². The van der Waals surface area contributed by atoms with Crippen molar-refractivity contribution >= 4 is 5.91 Å². The highest BCUT2D eigenvalue weighted by atomic mass is 16.5. The van der Waals surface area contributed by atoms with Crippen LogP contribution in [0.5, 0.6) is 5.75 Å². The van der Waals surface area contributed by atoms with E-state index in [9.17, 15) is 4.79 Å². The lowest BCUT2D eigenvalue weighted by atomic mass is 10.3. The summed E-state index contributed by atoms with van der Waals surface area (Å²) >= 11 is 0. The van der Waals surface area contributed by atoms with Gasteiger partial charge in [-0.2, -0.15) is 0 Å². The SMILES string of the molecule is C#CCNC(=O)C(C)Oc1cccnc1. The van der Waals surface area contributed by atoms with Gasteiger partial charge in [0.05, 0.1) is 12.7 Å². The van der Waals surface area contributed by atoms with Crippen LogP contribution in [0.25, 0.3) is 0 Å². The number of rotatable bonds is 4. The molecule has 0 aliphatic rings. The van der Waals surface area contributed by atoms with Crippen LogP contribution in [0.3, 0.4) is 0 Å². The second kappa shape index (κ2) is 5.66. The van der Waals surface area contributed by atoms with Crippen molar-refractivity contribution in [2.45, 2.75) is 13.0 Å². The summed E-state index contributed by atoms with van der Waals surface area (Å²) in [7, 11) is 0. The van der Waals surface area contributed by atoms with Crippen LogP contribution in [-0.2, 0) is 4.79 Å². The Kier molecular flexibility index (Phi) is 4.17. The molecule has 4 nitrogen and oxygen atoms in total. The molecule has 0 radical (unpaired) electrons. The Hall–Kier alpha value is -2.02. The van der Waals surface area contributed by atoms with E-state index in [2.05, 4.69) is 16.2 Å². The molecule has 1 unspecified atom stereocenters. The Morgan fingerprint density at radius 2 is 2.60 bits per heavy atom. The van der Waals surface area contributed by atoms with E-state index in [1.165, 1.54) is 0 Å². The zero-order valence-electron chi connectivity index (χ0n) is 8.43. The lowest BCUT2D eigenvalue weighted by Gasteiger charge is -2.12. The van der Waals surface area contributed by atoms with Gasteiger partial charge in [-0.3, -0.25) is 9.78 Å². The smallest absolute Gasteiger partial charge is 0.261 e. The van der Waals surface area contributed by atoms with Gasteiger partial charge >= 0.3 is 0 Å². The molecule has 1 aromatic rings. The first-order chi connectivity index (χ1) is 7.24. The fraction of sp³-hybridized carbons (Fsp3) is 0.273. The van der Waals surface area contributed by atoms with E-state index in [0.29, 0.717) is 5.75 Å². The normalized spacial score (nSPS) is 11.2. The minimum atomic E-state index is -0.581. The molecule has 0 spiro atoms. The van der Waals surface area contributed by atoms with Gasteiger partial charge in [-0.1, -0.05) is 5.92 Å². The molecule has 1 heterocycles. The molecule has 1 atom stereocenters. The molecule has 0 bridgehead atoms. The summed E-state index contributed by atoms with van der Waals surface area (Å²) in [6, 6.07) is 3.47. The number of aromatic nitrogens is 1. The van der Waals surface area contributed by atoms with Gasteiger partial charge in [-0.25, -0.2) is 0 Å². The molecule has 0 saturated carbocycles. The highest BCUT2D eigenvalue weighted by molar-refractivity contribution is 5.80. The number of nitrogens with zero attached hydrogens (tertiary/aromatic N) is 1. The number of terminal acetylenes is 1. The first kappa shape index (κ1) is 11.1. The maximum absolute atomic E-state index is 11.4. The quantitative estimate of drug-likeness (QED) is 0.731. The fourth-order valence-corrected chi connectivity index (χ4v) is 0.956. The number of carbonyl (C=O) groups excluding carboxylic acids is 1. The van der Waals surface area contributed by atoms with Crippen LogP contribution in [0.15, 0.2) is 24.5 Å². The second-order valence-corrected chi connectivity index (χ2v) is 2.87. The molecule has 1 rings (SSSR count). The summed E-state index contributed by atoms with van der Waals surface area (Å²) in [5.74, 6) is 2.63. The van der Waals surface area contributed by atoms with Gasteiger partial charge in [-0.05, 0) is 19.1 Å². The minimum Gasteiger partial charge on any atom is -0.479 e. The number of carbonyl (C=O) groups is 1. The predicted molar refractivity (Wildman–Crippen MR) is 56.2 cm³/mol. The number of hydrogen-bond donors (Lipinski definition) is 1. The number of ether oxygens (including phenoxy) is 1. The van der Waals surface area contributed by atoms with Crippen LogP contribution < -0.4 is 10.1 Å². The van der Waals surface area contributed by atoms with E-state index in [1.54, 1.807) is 31.5 Å². The second-order valence-electron chi connectivity index (χ2n) is 2.87. The van der Waals surface area contributed by atoms with Crippen molar-refractivity contribution in [3.8, 4) is 18.1 Å². The monoisotopic (exact) mass is 204 g/mol. The number of hydrogen-bond acceptors (Lipinski definition) is 3. The Morgan fingerprint density at radius 1 is 1.80 bits per heavy atom. The molecule has 78 valence electrons. The lowest BCUT2D eigenvalue weighted by Crippen LogP contribution is -2.36. The summed E-state index contributed by atoms with van der Waals surface area (Å²) in [5, 5.41) is 2.53. The van der Waals surface area contributed by atoms with Gasteiger partial charge in [0.25, 0.3) is 5.91 Å². The van der Waals surface area contributed by atoms with E-state index in [-0.39, 0.29) is 12.5 Å². The van der Waals surface area contributed by atoms with Crippen LogP contribution in [0.1, 0.15) is 6.92 Å². The third kappa shape index (κ3) is 3.69. The molecule has 1 amide bonds. The van der Waals surface area contributed by atoms with Crippen LogP contribution in [0.2, 0.25) is 0 Å². The van der Waals surface area contributed by atoms with E-state index in [1.807, 2.05) is 0 Å². The molecule has 0 aromatic carbocycles. The number of amides is 1. The average molecular weight is 204 g/mol. The largest absolute Gasteiger partial charge is 0.479 e.